The van der Waals surface area contributed by atoms with Gasteiger partial charge >= 0.3 is 0 Å². The van der Waals surface area contributed by atoms with E-state index in [0.717, 1.165) is 32.4 Å². The van der Waals surface area contributed by atoms with E-state index in [9.17, 15) is 4.79 Å². The number of carbonyl (C=O) groups excluding carboxylic acids is 1. The molecule has 0 aliphatic heterocycles. The Labute approximate surface area is 158 Å². The van der Waals surface area contributed by atoms with Crippen molar-refractivity contribution in [3.63, 3.8) is 0 Å². The van der Waals surface area contributed by atoms with Gasteiger partial charge in [0.15, 0.2) is 0 Å². The van der Waals surface area contributed by atoms with E-state index in [4.69, 9.17) is 0 Å². The molecular weight excluding hydrogens is 392 g/mol. The molecule has 128 valence electrons. The van der Waals surface area contributed by atoms with Crippen molar-refractivity contribution in [1.82, 2.24) is 15.0 Å². The van der Waals surface area contributed by atoms with Gasteiger partial charge in [-0.3, -0.25) is 4.79 Å². The van der Waals surface area contributed by atoms with Crippen LogP contribution in [0.1, 0.15) is 15.9 Å². The van der Waals surface area contributed by atoms with Crippen molar-refractivity contribution in [3.8, 4) is 5.69 Å². The van der Waals surface area contributed by atoms with E-state index in [1.54, 1.807) is 10.9 Å². The highest BCUT2D eigenvalue weighted by Crippen LogP contribution is 2.24. The summed E-state index contributed by atoms with van der Waals surface area (Å²) in [5.74, 6) is -0.171. The maximum atomic E-state index is 12.6. The van der Waals surface area contributed by atoms with Gasteiger partial charge in [-0.1, -0.05) is 30.3 Å². The average Bonchev–Trinajstić information content (AvgIpc) is 3.06. The van der Waals surface area contributed by atoms with Crippen LogP contribution in [0.4, 0.5) is 5.69 Å². The number of anilines is 1. The minimum Gasteiger partial charge on any atom is -0.322 e. The SMILES string of the molecule is Cc1cc2nn(-c3ccccc3)nc2cc1NC(=O)c1ccccc1Br. The predicted octanol–water partition coefficient (Wildman–Crippen LogP) is 4.74. The van der Waals surface area contributed by atoms with E-state index in [1.807, 2.05) is 67.6 Å². The molecule has 4 aromatic rings. The first-order chi connectivity index (χ1) is 12.6. The number of hydrogen-bond acceptors (Lipinski definition) is 3. The molecule has 0 fully saturated rings. The summed E-state index contributed by atoms with van der Waals surface area (Å²) in [6.07, 6.45) is 0. The standard InChI is InChI=1S/C20H15BrN4O/c1-13-11-18-19(24-25(23-18)14-7-3-2-4-8-14)12-17(13)22-20(26)15-9-5-6-10-16(15)21/h2-12H,1H3,(H,22,26). The molecule has 5 nitrogen and oxygen atoms in total. The molecule has 0 aliphatic carbocycles. The number of nitrogens with one attached hydrogen (secondary N) is 1. The van der Waals surface area contributed by atoms with Crippen LogP contribution in [0.5, 0.6) is 0 Å². The predicted molar refractivity (Wildman–Crippen MR) is 106 cm³/mol. The molecule has 0 saturated carbocycles. The average molecular weight is 407 g/mol. The summed E-state index contributed by atoms with van der Waals surface area (Å²) in [6.45, 7) is 1.94. The van der Waals surface area contributed by atoms with E-state index in [0.29, 0.717) is 5.56 Å². The van der Waals surface area contributed by atoms with Crippen LogP contribution in [0.3, 0.4) is 0 Å². The molecule has 4 rings (SSSR count). The lowest BCUT2D eigenvalue weighted by Crippen LogP contribution is -2.13. The number of halogens is 1. The Kier molecular flexibility index (Phi) is 4.26. The summed E-state index contributed by atoms with van der Waals surface area (Å²) in [5.41, 5.74) is 4.63. The highest BCUT2D eigenvalue weighted by Gasteiger charge is 2.13. The second-order valence-corrected chi connectivity index (χ2v) is 6.77. The van der Waals surface area contributed by atoms with Gasteiger partial charge in [-0.2, -0.15) is 4.80 Å². The third kappa shape index (κ3) is 3.11. The second kappa shape index (κ2) is 6.72. The molecule has 0 saturated heterocycles. The van der Waals surface area contributed by atoms with E-state index >= 15 is 0 Å². The first kappa shape index (κ1) is 16.5. The van der Waals surface area contributed by atoms with E-state index in [-0.39, 0.29) is 5.91 Å². The fourth-order valence-corrected chi connectivity index (χ4v) is 3.18. The molecule has 0 spiro atoms. The number of aromatic nitrogens is 3. The Balaban J connectivity index is 1.69. The van der Waals surface area contributed by atoms with Crippen molar-refractivity contribution in [2.75, 3.05) is 5.32 Å². The molecule has 1 heterocycles. The Bertz CT molecular complexity index is 1110. The molecule has 0 aliphatic rings. The van der Waals surface area contributed by atoms with Crippen LogP contribution in [0.25, 0.3) is 16.7 Å². The summed E-state index contributed by atoms with van der Waals surface area (Å²) >= 11 is 3.41. The zero-order valence-corrected chi connectivity index (χ0v) is 15.6. The van der Waals surface area contributed by atoms with Gasteiger partial charge in [-0.05, 0) is 64.8 Å². The number of nitrogens with zero attached hydrogens (tertiary/aromatic N) is 3. The molecule has 0 bridgehead atoms. The number of aryl methyl sites for hydroxylation is 1. The van der Waals surface area contributed by atoms with Crippen LogP contribution < -0.4 is 5.32 Å². The van der Waals surface area contributed by atoms with Crippen molar-refractivity contribution in [2.24, 2.45) is 0 Å². The molecule has 0 atom stereocenters. The van der Waals surface area contributed by atoms with Crippen LogP contribution in [0.2, 0.25) is 0 Å². The van der Waals surface area contributed by atoms with Gasteiger partial charge < -0.3 is 5.32 Å². The van der Waals surface area contributed by atoms with Gasteiger partial charge in [-0.25, -0.2) is 0 Å². The van der Waals surface area contributed by atoms with Crippen LogP contribution >= 0.6 is 15.9 Å². The van der Waals surface area contributed by atoms with Crippen LogP contribution in [0.15, 0.2) is 71.2 Å². The first-order valence-corrected chi connectivity index (χ1v) is 8.90. The van der Waals surface area contributed by atoms with Crippen molar-refractivity contribution in [1.29, 1.82) is 0 Å². The van der Waals surface area contributed by atoms with E-state index in [2.05, 4.69) is 31.4 Å². The Morgan fingerprint density at radius 3 is 2.35 bits per heavy atom. The van der Waals surface area contributed by atoms with Crippen molar-refractivity contribution < 1.29 is 4.79 Å². The van der Waals surface area contributed by atoms with E-state index < -0.39 is 0 Å². The van der Waals surface area contributed by atoms with Gasteiger partial charge in [0, 0.05) is 10.2 Å². The summed E-state index contributed by atoms with van der Waals surface area (Å²) in [4.78, 5) is 14.2. The fourth-order valence-electron chi connectivity index (χ4n) is 2.71. The quantitative estimate of drug-likeness (QED) is 0.534. The number of benzene rings is 3. The topological polar surface area (TPSA) is 59.8 Å². The summed E-state index contributed by atoms with van der Waals surface area (Å²) in [7, 11) is 0. The number of amides is 1. The number of hydrogen-bond donors (Lipinski definition) is 1. The van der Waals surface area contributed by atoms with Gasteiger partial charge in [0.1, 0.15) is 11.0 Å². The van der Waals surface area contributed by atoms with Crippen LogP contribution in [0, 0.1) is 6.92 Å². The maximum absolute atomic E-state index is 12.6. The minimum atomic E-state index is -0.171. The zero-order chi connectivity index (χ0) is 18.1. The lowest BCUT2D eigenvalue weighted by molar-refractivity contribution is 0.102. The summed E-state index contributed by atoms with van der Waals surface area (Å²) in [6, 6.07) is 20.8. The zero-order valence-electron chi connectivity index (χ0n) is 14.0. The minimum absolute atomic E-state index is 0.171. The van der Waals surface area contributed by atoms with Gasteiger partial charge in [0.2, 0.25) is 0 Å². The van der Waals surface area contributed by atoms with Gasteiger partial charge in [-0.15, -0.1) is 10.2 Å². The second-order valence-electron chi connectivity index (χ2n) is 5.91. The Morgan fingerprint density at radius 2 is 1.62 bits per heavy atom. The molecule has 3 aromatic carbocycles. The highest BCUT2D eigenvalue weighted by atomic mass is 79.9. The molecule has 1 amide bonds. The Hall–Kier alpha value is -2.99. The number of para-hydroxylation sites is 1. The van der Waals surface area contributed by atoms with Crippen molar-refractivity contribution in [3.05, 3.63) is 82.3 Å². The third-order valence-electron chi connectivity index (χ3n) is 4.08. The van der Waals surface area contributed by atoms with Crippen LogP contribution in [-0.2, 0) is 0 Å². The molecule has 1 aromatic heterocycles. The lowest BCUT2D eigenvalue weighted by Gasteiger charge is -2.09. The largest absolute Gasteiger partial charge is 0.322 e. The molecule has 0 radical (unpaired) electrons. The lowest BCUT2D eigenvalue weighted by atomic mass is 10.1. The van der Waals surface area contributed by atoms with E-state index in [1.165, 1.54) is 0 Å². The Morgan fingerprint density at radius 1 is 0.962 bits per heavy atom. The fraction of sp³-hybridized carbons (Fsp3) is 0.0500. The van der Waals surface area contributed by atoms with Crippen molar-refractivity contribution in [2.45, 2.75) is 6.92 Å². The van der Waals surface area contributed by atoms with Crippen LogP contribution in [-0.4, -0.2) is 20.9 Å². The third-order valence-corrected chi connectivity index (χ3v) is 4.77. The smallest absolute Gasteiger partial charge is 0.256 e. The van der Waals surface area contributed by atoms with Gasteiger partial charge in [0.25, 0.3) is 5.91 Å². The monoisotopic (exact) mass is 406 g/mol. The highest BCUT2D eigenvalue weighted by molar-refractivity contribution is 9.10. The summed E-state index contributed by atoms with van der Waals surface area (Å²) in [5, 5.41) is 12.0. The number of fused-ring (bicyclic) bond motifs is 1. The van der Waals surface area contributed by atoms with Gasteiger partial charge in [0.05, 0.1) is 11.3 Å². The molecule has 0 unspecified atom stereocenters. The van der Waals surface area contributed by atoms with Crippen molar-refractivity contribution >= 4 is 38.6 Å². The molecule has 26 heavy (non-hydrogen) atoms. The molecular formula is C20H15BrN4O. The first-order valence-electron chi connectivity index (χ1n) is 8.11. The number of carbonyl (C=O) groups is 1. The number of rotatable bonds is 3. The summed E-state index contributed by atoms with van der Waals surface area (Å²) < 4.78 is 0.756. The molecule has 1 N–H and O–H groups in total. The maximum Gasteiger partial charge on any atom is 0.256 e. The normalized spacial score (nSPS) is 10.8. The molecule has 6 heteroatoms.